The number of phenols is 1. The Bertz CT molecular complexity index is 587. The molecule has 1 aromatic heterocycles. The second-order valence-corrected chi connectivity index (χ2v) is 3.48. The molecule has 0 atom stereocenters. The fraction of sp³-hybridized carbons (Fsp3) is 0. The summed E-state index contributed by atoms with van der Waals surface area (Å²) in [5.41, 5.74) is 6.68. The standard InChI is InChI=1S/C12H10N2O3.Na.H/c13-9-3-1-2-8(11(9)15)10-6-7(12(16)17)4-5-14-10;;/h1-6,15H,13H2,(H,16,17);;. The summed E-state index contributed by atoms with van der Waals surface area (Å²) in [4.78, 5) is 14.8. The number of aromatic nitrogens is 1. The molecule has 1 aromatic carbocycles. The number of carboxylic acid groups (broad SMARTS) is 1. The van der Waals surface area contributed by atoms with E-state index in [0.717, 1.165) is 0 Å². The number of hydrogen-bond acceptors (Lipinski definition) is 4. The third kappa shape index (κ3) is 2.81. The molecule has 0 amide bonds. The van der Waals surface area contributed by atoms with Gasteiger partial charge >= 0.3 is 35.5 Å². The van der Waals surface area contributed by atoms with Crippen LogP contribution in [0.1, 0.15) is 10.4 Å². The number of carboxylic acids is 1. The van der Waals surface area contributed by atoms with Crippen LogP contribution in [0.25, 0.3) is 11.3 Å². The van der Waals surface area contributed by atoms with Gasteiger partial charge in [0.2, 0.25) is 0 Å². The average Bonchev–Trinajstić information content (AvgIpc) is 2.33. The Hall–Kier alpha value is -1.56. The van der Waals surface area contributed by atoms with Gasteiger partial charge in [0.15, 0.2) is 0 Å². The number of hydrogen-bond donors (Lipinski definition) is 3. The first-order valence-electron chi connectivity index (χ1n) is 4.87. The number of rotatable bonds is 2. The summed E-state index contributed by atoms with van der Waals surface area (Å²) in [6.45, 7) is 0. The zero-order valence-corrected chi connectivity index (χ0v) is 8.79. The van der Waals surface area contributed by atoms with Crippen LogP contribution < -0.4 is 5.73 Å². The minimum absolute atomic E-state index is 0. The van der Waals surface area contributed by atoms with Crippen LogP contribution in [-0.4, -0.2) is 50.7 Å². The van der Waals surface area contributed by atoms with Crippen molar-refractivity contribution < 1.29 is 15.0 Å². The first-order chi connectivity index (χ1) is 8.09. The molecular formula is C12H11N2NaO3. The van der Waals surface area contributed by atoms with Gasteiger partial charge in [0.1, 0.15) is 5.75 Å². The molecular weight excluding hydrogens is 243 g/mol. The van der Waals surface area contributed by atoms with Crippen molar-refractivity contribution in [3.63, 3.8) is 0 Å². The van der Waals surface area contributed by atoms with Gasteiger partial charge in [0.05, 0.1) is 16.9 Å². The Morgan fingerprint density at radius 2 is 2.00 bits per heavy atom. The van der Waals surface area contributed by atoms with E-state index in [1.54, 1.807) is 18.2 Å². The third-order valence-corrected chi connectivity index (χ3v) is 2.35. The van der Waals surface area contributed by atoms with Crippen molar-refractivity contribution in [2.24, 2.45) is 0 Å². The van der Waals surface area contributed by atoms with Crippen LogP contribution in [0, 0.1) is 0 Å². The van der Waals surface area contributed by atoms with Gasteiger partial charge < -0.3 is 15.9 Å². The number of aromatic hydroxyl groups is 1. The SMILES string of the molecule is Nc1cccc(-c2cc(C(=O)O)ccn2)c1O.[NaH]. The molecule has 0 aliphatic carbocycles. The van der Waals surface area contributed by atoms with E-state index in [4.69, 9.17) is 10.8 Å². The maximum atomic E-state index is 10.8. The van der Waals surface area contributed by atoms with Crippen LogP contribution in [0.5, 0.6) is 5.75 Å². The topological polar surface area (TPSA) is 96.4 Å². The van der Waals surface area contributed by atoms with E-state index in [2.05, 4.69) is 4.98 Å². The molecule has 0 saturated carbocycles. The van der Waals surface area contributed by atoms with Crippen molar-refractivity contribution in [3.05, 3.63) is 42.1 Å². The van der Waals surface area contributed by atoms with E-state index in [9.17, 15) is 9.90 Å². The number of nitrogens with two attached hydrogens (primary N) is 1. The second kappa shape index (κ2) is 5.86. The summed E-state index contributed by atoms with van der Waals surface area (Å²) in [6, 6.07) is 7.62. The molecule has 4 N–H and O–H groups in total. The van der Waals surface area contributed by atoms with E-state index in [0.29, 0.717) is 11.3 Å². The van der Waals surface area contributed by atoms with Crippen molar-refractivity contribution in [3.8, 4) is 17.0 Å². The zero-order chi connectivity index (χ0) is 12.4. The van der Waals surface area contributed by atoms with E-state index < -0.39 is 5.97 Å². The summed E-state index contributed by atoms with van der Waals surface area (Å²) in [6.07, 6.45) is 1.38. The molecule has 0 saturated heterocycles. The summed E-state index contributed by atoms with van der Waals surface area (Å²) < 4.78 is 0. The molecule has 0 aliphatic heterocycles. The molecule has 5 nitrogen and oxygen atoms in total. The number of nitrogens with zero attached hydrogens (tertiary/aromatic N) is 1. The van der Waals surface area contributed by atoms with Crippen LogP contribution in [0.15, 0.2) is 36.5 Å². The van der Waals surface area contributed by atoms with Crippen molar-refractivity contribution in [1.29, 1.82) is 0 Å². The number of benzene rings is 1. The Balaban J connectivity index is 0.00000162. The zero-order valence-electron chi connectivity index (χ0n) is 8.79. The minimum atomic E-state index is -1.04. The molecule has 1 heterocycles. The van der Waals surface area contributed by atoms with Gasteiger partial charge in [-0.25, -0.2) is 4.79 Å². The number of carbonyl (C=O) groups is 1. The normalized spacial score (nSPS) is 9.56. The molecule has 0 bridgehead atoms. The van der Waals surface area contributed by atoms with Crippen molar-refractivity contribution >= 4 is 41.2 Å². The number of aromatic carboxylic acids is 1. The second-order valence-electron chi connectivity index (χ2n) is 3.48. The Morgan fingerprint density at radius 3 is 2.67 bits per heavy atom. The first-order valence-corrected chi connectivity index (χ1v) is 4.87. The van der Waals surface area contributed by atoms with Crippen LogP contribution in [-0.2, 0) is 0 Å². The predicted molar refractivity (Wildman–Crippen MR) is 69.9 cm³/mol. The van der Waals surface area contributed by atoms with Gasteiger partial charge in [0.25, 0.3) is 0 Å². The van der Waals surface area contributed by atoms with Crippen LogP contribution in [0.3, 0.4) is 0 Å². The van der Waals surface area contributed by atoms with Crippen LogP contribution in [0.4, 0.5) is 5.69 Å². The Labute approximate surface area is 126 Å². The van der Waals surface area contributed by atoms with Gasteiger partial charge in [0, 0.05) is 11.8 Å². The monoisotopic (exact) mass is 254 g/mol. The van der Waals surface area contributed by atoms with Crippen molar-refractivity contribution in [1.82, 2.24) is 4.98 Å². The molecule has 88 valence electrons. The average molecular weight is 254 g/mol. The number of anilines is 1. The maximum absolute atomic E-state index is 10.8. The molecule has 6 heteroatoms. The van der Waals surface area contributed by atoms with Crippen LogP contribution in [0.2, 0.25) is 0 Å². The predicted octanol–water partition coefficient (Wildman–Crippen LogP) is 1.09. The Morgan fingerprint density at radius 1 is 1.28 bits per heavy atom. The Kier molecular flexibility index (Phi) is 4.72. The number of phenolic OH excluding ortho intramolecular Hbond substituents is 1. The molecule has 0 unspecified atom stereocenters. The van der Waals surface area contributed by atoms with Gasteiger partial charge in [-0.2, -0.15) is 0 Å². The fourth-order valence-corrected chi connectivity index (χ4v) is 1.48. The summed E-state index contributed by atoms with van der Waals surface area (Å²) >= 11 is 0. The fourth-order valence-electron chi connectivity index (χ4n) is 1.48. The molecule has 0 radical (unpaired) electrons. The summed E-state index contributed by atoms with van der Waals surface area (Å²) in [5.74, 6) is -1.14. The van der Waals surface area contributed by atoms with Gasteiger partial charge in [-0.1, -0.05) is 6.07 Å². The number of para-hydroxylation sites is 1. The number of pyridine rings is 1. The van der Waals surface area contributed by atoms with E-state index >= 15 is 0 Å². The molecule has 2 rings (SSSR count). The van der Waals surface area contributed by atoms with E-state index in [1.165, 1.54) is 18.3 Å². The first kappa shape index (κ1) is 14.5. The van der Waals surface area contributed by atoms with Gasteiger partial charge in [-0.05, 0) is 24.3 Å². The summed E-state index contributed by atoms with van der Waals surface area (Å²) in [7, 11) is 0. The quantitative estimate of drug-likeness (QED) is 0.423. The molecule has 0 spiro atoms. The molecule has 2 aromatic rings. The van der Waals surface area contributed by atoms with Crippen molar-refractivity contribution in [2.45, 2.75) is 0 Å². The number of nitrogen functional groups attached to an aromatic ring is 1. The van der Waals surface area contributed by atoms with Gasteiger partial charge in [-0.15, -0.1) is 0 Å². The van der Waals surface area contributed by atoms with Gasteiger partial charge in [-0.3, -0.25) is 4.98 Å². The van der Waals surface area contributed by atoms with Crippen LogP contribution >= 0.6 is 0 Å². The van der Waals surface area contributed by atoms with E-state index in [-0.39, 0.29) is 46.6 Å². The molecule has 0 fully saturated rings. The molecule has 0 aliphatic rings. The van der Waals surface area contributed by atoms with E-state index in [1.807, 2.05) is 0 Å². The third-order valence-electron chi connectivity index (χ3n) is 2.35. The van der Waals surface area contributed by atoms with Crippen molar-refractivity contribution in [2.75, 3.05) is 5.73 Å². The summed E-state index contributed by atoms with van der Waals surface area (Å²) in [5, 5.41) is 18.6. The molecule has 18 heavy (non-hydrogen) atoms.